The third-order valence-electron chi connectivity index (χ3n) is 6.35. The maximum absolute atomic E-state index is 12.8. The maximum atomic E-state index is 12.8. The van der Waals surface area contributed by atoms with Crippen molar-refractivity contribution >= 4 is 27.5 Å². The molecule has 1 aromatic rings. The highest BCUT2D eigenvalue weighted by molar-refractivity contribution is 7.89. The lowest BCUT2D eigenvalue weighted by atomic mass is 9.78. The first-order valence-electron chi connectivity index (χ1n) is 10.2. The molecule has 0 radical (unpaired) electrons. The van der Waals surface area contributed by atoms with Crippen LogP contribution in [-0.2, 0) is 14.8 Å². The second-order valence-corrected chi connectivity index (χ2v) is 10.5. The molecule has 3 atom stereocenters. The number of nitrogens with one attached hydrogen (secondary N) is 2. The van der Waals surface area contributed by atoms with Crippen molar-refractivity contribution < 1.29 is 18.1 Å². The number of sulfonamides is 1. The Bertz CT molecular complexity index is 794. The molecule has 6 nitrogen and oxygen atoms in total. The number of amides is 1. The third-order valence-corrected chi connectivity index (χ3v) is 8.75. The van der Waals surface area contributed by atoms with E-state index in [0.717, 1.165) is 11.3 Å². The lowest BCUT2D eigenvalue weighted by molar-refractivity contribution is -0.895. The highest BCUT2D eigenvalue weighted by Gasteiger charge is 2.33. The van der Waals surface area contributed by atoms with Crippen molar-refractivity contribution in [2.45, 2.75) is 44.0 Å². The Balaban J connectivity index is 1.51. The Labute approximate surface area is 173 Å². The molecule has 0 bridgehead atoms. The summed E-state index contributed by atoms with van der Waals surface area (Å²) in [6.45, 7) is 6.91. The predicted molar refractivity (Wildman–Crippen MR) is 110 cm³/mol. The van der Waals surface area contributed by atoms with E-state index in [-0.39, 0.29) is 21.9 Å². The molecule has 1 amide bonds. The molecule has 156 valence electrons. The lowest BCUT2D eigenvalue weighted by Gasteiger charge is -2.35. The van der Waals surface area contributed by atoms with E-state index in [2.05, 4.69) is 19.2 Å². The van der Waals surface area contributed by atoms with Crippen molar-refractivity contribution in [2.75, 3.05) is 32.7 Å². The molecule has 1 aliphatic carbocycles. The number of nitrogens with zero attached hydrogens (tertiary/aromatic N) is 1. The fourth-order valence-electron chi connectivity index (χ4n) is 4.28. The van der Waals surface area contributed by atoms with Crippen LogP contribution in [0.4, 0.5) is 0 Å². The third kappa shape index (κ3) is 4.87. The van der Waals surface area contributed by atoms with Gasteiger partial charge in [0.2, 0.25) is 10.0 Å². The fourth-order valence-corrected chi connectivity index (χ4v) is 6.22. The van der Waals surface area contributed by atoms with Gasteiger partial charge in [0.25, 0.3) is 5.91 Å². The molecule has 0 spiro atoms. The second kappa shape index (κ2) is 9.11. The summed E-state index contributed by atoms with van der Waals surface area (Å²) in [6, 6.07) is 6.79. The largest absolute Gasteiger partial charge is 0.348 e. The number of hydrogen-bond acceptors (Lipinski definition) is 3. The SMILES string of the molecule is C[C@@H]1[C@H](C)CCC[C@@H]1NC(=O)C[NH+]1CCN(S(=O)(=O)c2ccccc2Cl)CC1. The normalized spacial score (nSPS) is 27.5. The average Bonchev–Trinajstić information content (AvgIpc) is 2.66. The minimum Gasteiger partial charge on any atom is -0.348 e. The quantitative estimate of drug-likeness (QED) is 0.739. The van der Waals surface area contributed by atoms with Gasteiger partial charge in [-0.1, -0.05) is 50.4 Å². The Morgan fingerprint density at radius 2 is 1.89 bits per heavy atom. The zero-order valence-electron chi connectivity index (χ0n) is 16.7. The summed E-state index contributed by atoms with van der Waals surface area (Å²) >= 11 is 6.08. The van der Waals surface area contributed by atoms with E-state index < -0.39 is 10.0 Å². The smallest absolute Gasteiger partial charge is 0.275 e. The molecule has 1 saturated carbocycles. The molecule has 1 aliphatic heterocycles. The summed E-state index contributed by atoms with van der Waals surface area (Å²) in [6.07, 6.45) is 3.46. The van der Waals surface area contributed by atoms with Crippen LogP contribution in [0.1, 0.15) is 33.1 Å². The van der Waals surface area contributed by atoms with Gasteiger partial charge in [0, 0.05) is 6.04 Å². The average molecular weight is 429 g/mol. The maximum Gasteiger partial charge on any atom is 0.275 e. The van der Waals surface area contributed by atoms with Crippen LogP contribution in [0.15, 0.2) is 29.2 Å². The van der Waals surface area contributed by atoms with Gasteiger partial charge in [-0.05, 0) is 30.4 Å². The zero-order chi connectivity index (χ0) is 20.3. The molecular weight excluding hydrogens is 398 g/mol. The first-order chi connectivity index (χ1) is 13.3. The molecule has 2 N–H and O–H groups in total. The van der Waals surface area contributed by atoms with Crippen LogP contribution in [0.3, 0.4) is 0 Å². The summed E-state index contributed by atoms with van der Waals surface area (Å²) < 4.78 is 27.1. The highest BCUT2D eigenvalue weighted by Crippen LogP contribution is 2.29. The van der Waals surface area contributed by atoms with E-state index in [1.165, 1.54) is 23.2 Å². The molecule has 3 rings (SSSR count). The molecule has 8 heteroatoms. The number of rotatable bonds is 5. The first kappa shape index (κ1) is 21.6. The molecule has 2 aliphatic rings. The van der Waals surface area contributed by atoms with Gasteiger partial charge in [-0.25, -0.2) is 8.42 Å². The van der Waals surface area contributed by atoms with E-state index >= 15 is 0 Å². The van der Waals surface area contributed by atoms with Gasteiger partial charge in [0.1, 0.15) is 4.90 Å². The summed E-state index contributed by atoms with van der Waals surface area (Å²) in [5.74, 6) is 1.22. The molecular formula is C20H31ClN3O3S+. The van der Waals surface area contributed by atoms with Crippen LogP contribution in [-0.4, -0.2) is 57.4 Å². The van der Waals surface area contributed by atoms with E-state index in [9.17, 15) is 13.2 Å². The Morgan fingerprint density at radius 3 is 2.57 bits per heavy atom. The number of benzene rings is 1. The Morgan fingerprint density at radius 1 is 1.21 bits per heavy atom. The molecule has 0 unspecified atom stereocenters. The van der Waals surface area contributed by atoms with Gasteiger partial charge >= 0.3 is 0 Å². The molecule has 1 aromatic carbocycles. The number of carbonyl (C=O) groups excluding carboxylic acids is 1. The van der Waals surface area contributed by atoms with Gasteiger partial charge < -0.3 is 10.2 Å². The van der Waals surface area contributed by atoms with Crippen molar-refractivity contribution in [3.05, 3.63) is 29.3 Å². The van der Waals surface area contributed by atoms with Gasteiger partial charge in [0.15, 0.2) is 6.54 Å². The number of hydrogen-bond donors (Lipinski definition) is 2. The van der Waals surface area contributed by atoms with E-state index in [1.54, 1.807) is 18.2 Å². The number of piperazine rings is 1. The molecule has 1 heterocycles. The topological polar surface area (TPSA) is 70.9 Å². The summed E-state index contributed by atoms with van der Waals surface area (Å²) in [5.41, 5.74) is 0. The van der Waals surface area contributed by atoms with Crippen LogP contribution in [0.25, 0.3) is 0 Å². The standard InChI is InChI=1S/C20H30ClN3O3S/c1-15-6-5-8-18(16(15)2)22-20(25)14-23-10-12-24(13-11-23)28(26,27)19-9-4-3-7-17(19)21/h3-4,7,9,15-16,18H,5-6,8,10-14H2,1-2H3,(H,22,25)/p+1/t15-,16-,18+/m1/s1. The van der Waals surface area contributed by atoms with Crippen molar-refractivity contribution in [3.8, 4) is 0 Å². The van der Waals surface area contributed by atoms with E-state index in [4.69, 9.17) is 11.6 Å². The van der Waals surface area contributed by atoms with Crippen molar-refractivity contribution in [3.63, 3.8) is 0 Å². The predicted octanol–water partition coefficient (Wildman–Crippen LogP) is 1.17. The van der Waals surface area contributed by atoms with E-state index in [0.29, 0.717) is 44.6 Å². The van der Waals surface area contributed by atoms with Crippen molar-refractivity contribution in [1.29, 1.82) is 0 Å². The second-order valence-electron chi connectivity index (χ2n) is 8.20. The van der Waals surface area contributed by atoms with Crippen molar-refractivity contribution in [1.82, 2.24) is 9.62 Å². The van der Waals surface area contributed by atoms with Crippen LogP contribution in [0.2, 0.25) is 5.02 Å². The zero-order valence-corrected chi connectivity index (χ0v) is 18.2. The molecule has 2 fully saturated rings. The number of halogens is 1. The summed E-state index contributed by atoms with van der Waals surface area (Å²) in [5, 5.41) is 3.46. The summed E-state index contributed by atoms with van der Waals surface area (Å²) in [4.78, 5) is 13.8. The van der Waals surface area contributed by atoms with Gasteiger partial charge in [0.05, 0.1) is 31.2 Å². The monoisotopic (exact) mass is 428 g/mol. The Hall–Kier alpha value is -1.15. The molecule has 1 saturated heterocycles. The lowest BCUT2D eigenvalue weighted by Crippen LogP contribution is -3.15. The molecule has 0 aromatic heterocycles. The van der Waals surface area contributed by atoms with E-state index in [1.807, 2.05) is 0 Å². The first-order valence-corrected chi connectivity index (χ1v) is 12.0. The highest BCUT2D eigenvalue weighted by atomic mass is 35.5. The van der Waals surface area contributed by atoms with Crippen LogP contribution < -0.4 is 10.2 Å². The van der Waals surface area contributed by atoms with Crippen LogP contribution >= 0.6 is 11.6 Å². The number of quaternary nitrogens is 1. The summed E-state index contributed by atoms with van der Waals surface area (Å²) in [7, 11) is -3.59. The fraction of sp³-hybridized carbons (Fsp3) is 0.650. The Kier molecular flexibility index (Phi) is 7.02. The minimum absolute atomic E-state index is 0.0726. The van der Waals surface area contributed by atoms with Gasteiger partial charge in [-0.3, -0.25) is 4.79 Å². The minimum atomic E-state index is -3.59. The van der Waals surface area contributed by atoms with Gasteiger partial charge in [-0.15, -0.1) is 0 Å². The molecule has 28 heavy (non-hydrogen) atoms. The van der Waals surface area contributed by atoms with Crippen LogP contribution in [0.5, 0.6) is 0 Å². The number of carbonyl (C=O) groups is 1. The van der Waals surface area contributed by atoms with Crippen LogP contribution in [0, 0.1) is 11.8 Å². The van der Waals surface area contributed by atoms with Gasteiger partial charge in [-0.2, -0.15) is 4.31 Å². The van der Waals surface area contributed by atoms with Crippen molar-refractivity contribution in [2.24, 2.45) is 11.8 Å².